The Balaban J connectivity index is 1.49. The average molecular weight is 361 g/mol. The van der Waals surface area contributed by atoms with Crippen molar-refractivity contribution in [3.05, 3.63) is 54.5 Å². The van der Waals surface area contributed by atoms with E-state index in [0.717, 1.165) is 43.2 Å². The molecular formula is C20H19N5O2. The molecule has 0 saturated carbocycles. The number of ether oxygens (including phenoxy) is 1. The van der Waals surface area contributed by atoms with Gasteiger partial charge in [-0.25, -0.2) is 0 Å². The summed E-state index contributed by atoms with van der Waals surface area (Å²) in [7, 11) is 1.66. The first-order valence-electron chi connectivity index (χ1n) is 8.74. The van der Waals surface area contributed by atoms with Crippen molar-refractivity contribution in [1.29, 1.82) is 5.26 Å². The minimum absolute atomic E-state index is 0.312. The molecule has 4 rings (SSSR count). The molecular weight excluding hydrogens is 342 g/mol. The minimum atomic E-state index is 0.312. The van der Waals surface area contributed by atoms with Gasteiger partial charge in [0.05, 0.1) is 12.7 Å². The van der Waals surface area contributed by atoms with Gasteiger partial charge in [0.2, 0.25) is 17.5 Å². The van der Waals surface area contributed by atoms with Crippen molar-refractivity contribution in [2.75, 3.05) is 43.1 Å². The predicted octanol–water partition coefficient (Wildman–Crippen LogP) is 2.94. The second-order valence-electron chi connectivity index (χ2n) is 6.20. The van der Waals surface area contributed by atoms with Crippen LogP contribution in [0.4, 0.5) is 11.6 Å². The van der Waals surface area contributed by atoms with Gasteiger partial charge in [-0.1, -0.05) is 0 Å². The Labute approximate surface area is 157 Å². The summed E-state index contributed by atoms with van der Waals surface area (Å²) in [5.74, 6) is 1.80. The summed E-state index contributed by atoms with van der Waals surface area (Å²) >= 11 is 0. The van der Waals surface area contributed by atoms with Gasteiger partial charge in [-0.05, 0) is 36.4 Å². The maximum atomic E-state index is 9.45. The lowest BCUT2D eigenvalue weighted by molar-refractivity contribution is 0.415. The summed E-state index contributed by atoms with van der Waals surface area (Å²) in [5.41, 5.74) is 2.23. The number of hydrogen-bond donors (Lipinski definition) is 0. The molecule has 0 N–H and O–H groups in total. The van der Waals surface area contributed by atoms with E-state index >= 15 is 0 Å². The number of methoxy groups -OCH3 is 1. The normalized spacial score (nSPS) is 14.1. The Morgan fingerprint density at radius 2 is 1.81 bits per heavy atom. The number of nitriles is 1. The van der Waals surface area contributed by atoms with Crippen LogP contribution in [0.1, 0.15) is 5.69 Å². The minimum Gasteiger partial charge on any atom is -0.497 e. The summed E-state index contributed by atoms with van der Waals surface area (Å²) in [6, 6.07) is 13.9. The van der Waals surface area contributed by atoms with Gasteiger partial charge in [0.25, 0.3) is 0 Å². The number of benzene rings is 1. The molecule has 3 aromatic rings. The summed E-state index contributed by atoms with van der Waals surface area (Å²) in [4.78, 5) is 12.8. The number of anilines is 2. The molecule has 0 atom stereocenters. The van der Waals surface area contributed by atoms with Crippen LogP contribution < -0.4 is 14.5 Å². The summed E-state index contributed by atoms with van der Waals surface area (Å²) in [6.07, 6.45) is 3.37. The Hall–Kier alpha value is -3.53. The molecule has 1 aromatic carbocycles. The molecule has 27 heavy (non-hydrogen) atoms. The molecule has 1 fully saturated rings. The largest absolute Gasteiger partial charge is 0.497 e. The van der Waals surface area contributed by atoms with Crippen molar-refractivity contribution in [2.24, 2.45) is 0 Å². The zero-order valence-electron chi connectivity index (χ0n) is 15.0. The predicted molar refractivity (Wildman–Crippen MR) is 102 cm³/mol. The fraction of sp³-hybridized carbons (Fsp3) is 0.250. The van der Waals surface area contributed by atoms with Gasteiger partial charge >= 0.3 is 0 Å². The van der Waals surface area contributed by atoms with Gasteiger partial charge < -0.3 is 19.0 Å². The number of aromatic nitrogens is 2. The first-order valence-corrected chi connectivity index (χ1v) is 8.74. The standard InChI is InChI=1S/C20H19N5O2/c1-26-17-6-4-16(5-7-17)24-9-11-25(12-10-24)20-18(13-21)23-19(27-20)15-3-2-8-22-14-15/h2-8,14H,9-12H2,1H3. The van der Waals surface area contributed by atoms with Gasteiger partial charge in [-0.2, -0.15) is 10.2 Å². The molecule has 7 nitrogen and oxygen atoms in total. The molecule has 0 amide bonds. The Morgan fingerprint density at radius 3 is 2.44 bits per heavy atom. The Bertz CT molecular complexity index is 939. The number of nitrogens with zero attached hydrogens (tertiary/aromatic N) is 5. The second-order valence-corrected chi connectivity index (χ2v) is 6.20. The maximum Gasteiger partial charge on any atom is 0.235 e. The third-order valence-electron chi connectivity index (χ3n) is 4.63. The van der Waals surface area contributed by atoms with Crippen LogP contribution in [0.3, 0.4) is 0 Å². The van der Waals surface area contributed by atoms with Crippen molar-refractivity contribution in [1.82, 2.24) is 9.97 Å². The monoisotopic (exact) mass is 361 g/mol. The number of rotatable bonds is 4. The van der Waals surface area contributed by atoms with Crippen molar-refractivity contribution >= 4 is 11.6 Å². The first kappa shape index (κ1) is 16.9. The molecule has 0 spiro atoms. The number of pyridine rings is 1. The molecule has 0 unspecified atom stereocenters. The van der Waals surface area contributed by atoms with Gasteiger partial charge in [-0.3, -0.25) is 4.98 Å². The molecule has 0 aliphatic carbocycles. The highest BCUT2D eigenvalue weighted by atomic mass is 16.5. The molecule has 0 bridgehead atoms. The van der Waals surface area contributed by atoms with Crippen LogP contribution in [-0.2, 0) is 0 Å². The number of piperazine rings is 1. The molecule has 136 valence electrons. The van der Waals surface area contributed by atoms with Crippen LogP contribution in [-0.4, -0.2) is 43.3 Å². The van der Waals surface area contributed by atoms with E-state index < -0.39 is 0 Å². The van der Waals surface area contributed by atoms with Crippen LogP contribution in [0.5, 0.6) is 5.75 Å². The van der Waals surface area contributed by atoms with Gasteiger partial charge in [0.1, 0.15) is 11.8 Å². The summed E-state index contributed by atoms with van der Waals surface area (Å²) in [6.45, 7) is 3.17. The molecule has 0 radical (unpaired) electrons. The van der Waals surface area contributed by atoms with Crippen molar-refractivity contribution in [3.8, 4) is 23.3 Å². The van der Waals surface area contributed by atoms with E-state index in [1.165, 1.54) is 0 Å². The first-order chi connectivity index (χ1) is 13.3. The van der Waals surface area contributed by atoms with E-state index in [2.05, 4.69) is 38.0 Å². The highest BCUT2D eigenvalue weighted by Gasteiger charge is 2.24. The quantitative estimate of drug-likeness (QED) is 0.707. The average Bonchev–Trinajstić information content (AvgIpc) is 3.19. The van der Waals surface area contributed by atoms with Crippen LogP contribution in [0, 0.1) is 11.3 Å². The molecule has 1 aliphatic rings. The third kappa shape index (κ3) is 3.42. The highest BCUT2D eigenvalue weighted by Crippen LogP contribution is 2.29. The lowest BCUT2D eigenvalue weighted by Gasteiger charge is -2.35. The third-order valence-corrected chi connectivity index (χ3v) is 4.63. The van der Waals surface area contributed by atoms with Gasteiger partial charge in [0, 0.05) is 44.3 Å². The smallest absolute Gasteiger partial charge is 0.235 e. The van der Waals surface area contributed by atoms with E-state index in [1.807, 2.05) is 24.3 Å². The molecule has 2 aromatic heterocycles. The van der Waals surface area contributed by atoms with Crippen LogP contribution in [0.25, 0.3) is 11.5 Å². The molecule has 3 heterocycles. The van der Waals surface area contributed by atoms with Crippen LogP contribution in [0.15, 0.2) is 53.2 Å². The molecule has 7 heteroatoms. The SMILES string of the molecule is COc1ccc(N2CCN(c3oc(-c4cccnc4)nc3C#N)CC2)cc1. The van der Waals surface area contributed by atoms with E-state index in [4.69, 9.17) is 9.15 Å². The van der Waals surface area contributed by atoms with Gasteiger partial charge in [-0.15, -0.1) is 0 Å². The summed E-state index contributed by atoms with van der Waals surface area (Å²) < 4.78 is 11.1. The van der Waals surface area contributed by atoms with E-state index in [-0.39, 0.29) is 0 Å². The molecule has 1 aliphatic heterocycles. The summed E-state index contributed by atoms with van der Waals surface area (Å²) in [5, 5.41) is 9.45. The zero-order chi connectivity index (χ0) is 18.6. The van der Waals surface area contributed by atoms with Crippen molar-refractivity contribution in [3.63, 3.8) is 0 Å². The van der Waals surface area contributed by atoms with E-state index in [1.54, 1.807) is 19.5 Å². The van der Waals surface area contributed by atoms with Gasteiger partial charge in [0.15, 0.2) is 0 Å². The number of hydrogen-bond acceptors (Lipinski definition) is 7. The van der Waals surface area contributed by atoms with Crippen molar-refractivity contribution < 1.29 is 9.15 Å². The van der Waals surface area contributed by atoms with Crippen LogP contribution >= 0.6 is 0 Å². The number of oxazole rings is 1. The molecule has 1 saturated heterocycles. The zero-order valence-corrected chi connectivity index (χ0v) is 15.0. The topological polar surface area (TPSA) is 78.4 Å². The van der Waals surface area contributed by atoms with E-state index in [9.17, 15) is 5.26 Å². The fourth-order valence-electron chi connectivity index (χ4n) is 3.17. The van der Waals surface area contributed by atoms with Crippen LogP contribution in [0.2, 0.25) is 0 Å². The lowest BCUT2D eigenvalue weighted by atomic mass is 10.2. The lowest BCUT2D eigenvalue weighted by Crippen LogP contribution is -2.46. The van der Waals surface area contributed by atoms with Crippen molar-refractivity contribution in [2.45, 2.75) is 0 Å². The highest BCUT2D eigenvalue weighted by molar-refractivity contribution is 5.59. The second kappa shape index (κ2) is 7.38. The fourth-order valence-corrected chi connectivity index (χ4v) is 3.17. The Kier molecular flexibility index (Phi) is 4.62. The maximum absolute atomic E-state index is 9.45. The van der Waals surface area contributed by atoms with E-state index in [0.29, 0.717) is 17.5 Å². The Morgan fingerprint density at radius 1 is 1.07 bits per heavy atom.